The Labute approximate surface area is 118 Å². The van der Waals surface area contributed by atoms with Crippen LogP contribution in [0.4, 0.5) is 5.82 Å². The van der Waals surface area contributed by atoms with Gasteiger partial charge in [0.15, 0.2) is 0 Å². The van der Waals surface area contributed by atoms with Gasteiger partial charge in [-0.15, -0.1) is 0 Å². The molecule has 100 valence electrons. The molecule has 1 saturated heterocycles. The largest absolute Gasteiger partial charge is 0.402 e. The van der Waals surface area contributed by atoms with Crippen LogP contribution in [0.5, 0.6) is 0 Å². The molecule has 1 aliphatic rings. The van der Waals surface area contributed by atoms with Crippen molar-refractivity contribution in [3.8, 4) is 0 Å². The summed E-state index contributed by atoms with van der Waals surface area (Å²) in [6.07, 6.45) is 4.05. The minimum absolute atomic E-state index is 0.639. The molecule has 5 heteroatoms. The first kappa shape index (κ1) is 13.6. The number of hydrogen-bond donors (Lipinski definition) is 1. The zero-order valence-electron chi connectivity index (χ0n) is 10.9. The first-order valence-electron chi connectivity index (χ1n) is 6.11. The number of nitrogens with zero attached hydrogens (tertiary/aromatic N) is 3. The normalized spacial score (nSPS) is 20.5. The number of hydrogen-bond acceptors (Lipinski definition) is 4. The minimum atomic E-state index is 0.639. The van der Waals surface area contributed by atoms with Crippen LogP contribution in [0.1, 0.15) is 13.3 Å². The number of piperidine rings is 1. The van der Waals surface area contributed by atoms with Crippen molar-refractivity contribution in [2.75, 3.05) is 18.0 Å². The van der Waals surface area contributed by atoms with Crippen LogP contribution in [0.25, 0.3) is 0 Å². The van der Waals surface area contributed by atoms with Gasteiger partial charge in [0, 0.05) is 48.9 Å². The second-order valence-electron chi connectivity index (χ2n) is 4.43. The molecular formula is C14H17ClN4. The van der Waals surface area contributed by atoms with Crippen LogP contribution in [0.15, 0.2) is 47.4 Å². The van der Waals surface area contributed by atoms with Crippen molar-refractivity contribution in [1.82, 2.24) is 4.98 Å². The fourth-order valence-electron chi connectivity index (χ4n) is 2.11. The molecule has 0 atom stereocenters. The lowest BCUT2D eigenvalue weighted by molar-refractivity contribution is 0.802. The number of nitrogens with two attached hydrogens (primary N) is 1. The van der Waals surface area contributed by atoms with Crippen molar-refractivity contribution < 1.29 is 0 Å². The van der Waals surface area contributed by atoms with Crippen LogP contribution in [-0.2, 0) is 0 Å². The van der Waals surface area contributed by atoms with Crippen molar-refractivity contribution in [2.45, 2.75) is 13.3 Å². The fourth-order valence-corrected chi connectivity index (χ4v) is 2.22. The Morgan fingerprint density at radius 3 is 2.95 bits per heavy atom. The first-order chi connectivity index (χ1) is 9.11. The van der Waals surface area contributed by atoms with E-state index < -0.39 is 0 Å². The maximum atomic E-state index is 5.95. The summed E-state index contributed by atoms with van der Waals surface area (Å²) in [5.74, 6) is 0.904. The molecule has 19 heavy (non-hydrogen) atoms. The van der Waals surface area contributed by atoms with E-state index in [9.17, 15) is 0 Å². The second-order valence-corrected chi connectivity index (χ2v) is 4.86. The average molecular weight is 277 g/mol. The van der Waals surface area contributed by atoms with E-state index in [-0.39, 0.29) is 0 Å². The third-order valence-corrected chi connectivity index (χ3v) is 3.30. The van der Waals surface area contributed by atoms with Crippen molar-refractivity contribution in [3.63, 3.8) is 0 Å². The summed E-state index contributed by atoms with van der Waals surface area (Å²) in [5.41, 5.74) is 8.81. The van der Waals surface area contributed by atoms with Crippen LogP contribution in [0.2, 0.25) is 5.02 Å². The van der Waals surface area contributed by atoms with Crippen LogP contribution in [0.3, 0.4) is 0 Å². The number of aliphatic imine (C=N–C) groups is 1. The van der Waals surface area contributed by atoms with Gasteiger partial charge in [-0.25, -0.2) is 4.98 Å². The molecule has 4 nitrogen and oxygen atoms in total. The molecule has 0 bridgehead atoms. The number of anilines is 1. The molecule has 0 radical (unpaired) electrons. The number of halogens is 1. The zero-order valence-corrected chi connectivity index (χ0v) is 11.7. The molecule has 1 fully saturated rings. The van der Waals surface area contributed by atoms with Crippen molar-refractivity contribution in [3.05, 3.63) is 47.4 Å². The van der Waals surface area contributed by atoms with E-state index in [0.717, 1.165) is 35.8 Å². The Morgan fingerprint density at radius 1 is 1.58 bits per heavy atom. The Bertz CT molecular complexity index is 527. The predicted molar refractivity (Wildman–Crippen MR) is 80.6 cm³/mol. The van der Waals surface area contributed by atoms with E-state index in [1.165, 1.54) is 0 Å². The highest BCUT2D eigenvalue weighted by Gasteiger charge is 2.21. The van der Waals surface area contributed by atoms with Gasteiger partial charge in [-0.1, -0.05) is 18.2 Å². The zero-order chi connectivity index (χ0) is 13.8. The summed E-state index contributed by atoms with van der Waals surface area (Å²) < 4.78 is 0. The lowest BCUT2D eigenvalue weighted by Crippen LogP contribution is -2.37. The smallest absolute Gasteiger partial charge is 0.128 e. The monoisotopic (exact) mass is 276 g/mol. The van der Waals surface area contributed by atoms with Crippen molar-refractivity contribution in [2.24, 2.45) is 10.7 Å². The maximum Gasteiger partial charge on any atom is 0.128 e. The van der Waals surface area contributed by atoms with Crippen LogP contribution >= 0.6 is 11.6 Å². The Kier molecular flexibility index (Phi) is 4.22. The van der Waals surface area contributed by atoms with Crippen LogP contribution < -0.4 is 10.6 Å². The van der Waals surface area contributed by atoms with Gasteiger partial charge < -0.3 is 10.6 Å². The van der Waals surface area contributed by atoms with Gasteiger partial charge in [0.1, 0.15) is 5.82 Å². The molecular weight excluding hydrogens is 260 g/mol. The topological polar surface area (TPSA) is 54.5 Å². The van der Waals surface area contributed by atoms with Gasteiger partial charge in [-0.05, 0) is 19.1 Å². The van der Waals surface area contributed by atoms with Gasteiger partial charge in [0.2, 0.25) is 0 Å². The van der Waals surface area contributed by atoms with E-state index in [1.54, 1.807) is 12.4 Å². The number of aromatic nitrogens is 1. The fraction of sp³-hybridized carbons (Fsp3) is 0.286. The molecule has 0 unspecified atom stereocenters. The highest BCUT2D eigenvalue weighted by atomic mass is 35.5. The lowest BCUT2D eigenvalue weighted by atomic mass is 10.0. The van der Waals surface area contributed by atoms with E-state index in [1.807, 2.05) is 19.1 Å². The Morgan fingerprint density at radius 2 is 2.37 bits per heavy atom. The van der Waals surface area contributed by atoms with Crippen LogP contribution in [0, 0.1) is 0 Å². The first-order valence-corrected chi connectivity index (χ1v) is 6.49. The predicted octanol–water partition coefficient (Wildman–Crippen LogP) is 2.76. The summed E-state index contributed by atoms with van der Waals surface area (Å²) in [6, 6.07) is 3.76. The Hall–Kier alpha value is -1.81. The molecule has 0 saturated carbocycles. The summed E-state index contributed by atoms with van der Waals surface area (Å²) in [7, 11) is 0. The summed E-state index contributed by atoms with van der Waals surface area (Å²) >= 11 is 5.85. The second kappa shape index (κ2) is 5.89. The summed E-state index contributed by atoms with van der Waals surface area (Å²) in [5, 5.41) is 0.639. The number of allylic oxidation sites excluding steroid dienone is 1. The SMILES string of the molecule is C=C/N=C1/CCN(c2ccc(Cl)cn2)C/C1=C(\C)N. The van der Waals surface area contributed by atoms with Crippen molar-refractivity contribution in [1.29, 1.82) is 0 Å². The molecule has 2 rings (SSSR count). The number of rotatable bonds is 2. The third-order valence-electron chi connectivity index (χ3n) is 3.07. The van der Waals surface area contributed by atoms with Gasteiger partial charge in [-0.3, -0.25) is 4.99 Å². The molecule has 1 aromatic heterocycles. The molecule has 2 heterocycles. The average Bonchev–Trinajstić information content (AvgIpc) is 2.40. The summed E-state index contributed by atoms with van der Waals surface area (Å²) in [6.45, 7) is 7.11. The van der Waals surface area contributed by atoms with Crippen molar-refractivity contribution >= 4 is 23.1 Å². The third kappa shape index (κ3) is 3.15. The minimum Gasteiger partial charge on any atom is -0.402 e. The summed E-state index contributed by atoms with van der Waals surface area (Å²) in [4.78, 5) is 10.8. The Balaban J connectivity index is 2.25. The molecule has 0 spiro atoms. The van der Waals surface area contributed by atoms with E-state index in [2.05, 4.69) is 21.5 Å². The lowest BCUT2D eigenvalue weighted by Gasteiger charge is -2.31. The quantitative estimate of drug-likeness (QED) is 0.904. The molecule has 1 aromatic rings. The maximum absolute atomic E-state index is 5.95. The van der Waals surface area contributed by atoms with Crippen LogP contribution in [-0.4, -0.2) is 23.8 Å². The standard InChI is InChI=1S/C14H17ClN4/c1-3-17-13-6-7-19(9-12(13)10(2)16)14-5-4-11(15)8-18-14/h3-5,8H,1,6-7,9,16H2,2H3/b12-10-,17-13-. The molecule has 0 aromatic carbocycles. The molecule has 1 aliphatic heterocycles. The van der Waals surface area contributed by atoms with E-state index in [0.29, 0.717) is 11.6 Å². The van der Waals surface area contributed by atoms with E-state index in [4.69, 9.17) is 17.3 Å². The van der Waals surface area contributed by atoms with Gasteiger partial charge >= 0.3 is 0 Å². The highest BCUT2D eigenvalue weighted by Crippen LogP contribution is 2.22. The number of pyridine rings is 1. The molecule has 0 amide bonds. The molecule has 2 N–H and O–H groups in total. The molecule has 0 aliphatic carbocycles. The van der Waals surface area contributed by atoms with Gasteiger partial charge in [0.25, 0.3) is 0 Å². The highest BCUT2D eigenvalue weighted by molar-refractivity contribution is 6.30. The van der Waals surface area contributed by atoms with E-state index >= 15 is 0 Å². The van der Waals surface area contributed by atoms with Gasteiger partial charge in [0.05, 0.1) is 5.02 Å². The van der Waals surface area contributed by atoms with Gasteiger partial charge in [-0.2, -0.15) is 0 Å².